The fourth-order valence-corrected chi connectivity index (χ4v) is 1.94. The highest BCUT2D eigenvalue weighted by Crippen LogP contribution is 2.27. The van der Waals surface area contributed by atoms with Crippen LogP contribution in [0.5, 0.6) is 0 Å². The number of nitrogen functional groups attached to an aromatic ring is 1. The molecule has 0 saturated carbocycles. The van der Waals surface area contributed by atoms with Gasteiger partial charge in [0.05, 0.1) is 12.2 Å². The van der Waals surface area contributed by atoms with Crippen LogP contribution < -0.4 is 11.1 Å². The zero-order chi connectivity index (χ0) is 12.3. The SMILES string of the molecule is Cc1cc(NCc2ccncn2)c(Br)cc1N. The lowest BCUT2D eigenvalue weighted by molar-refractivity contribution is 1.01. The summed E-state index contributed by atoms with van der Waals surface area (Å²) in [4.78, 5) is 8.03. The van der Waals surface area contributed by atoms with E-state index in [4.69, 9.17) is 5.73 Å². The molecule has 1 aromatic carbocycles. The number of nitrogens with zero attached hydrogens (tertiary/aromatic N) is 2. The Bertz CT molecular complexity index is 513. The molecule has 17 heavy (non-hydrogen) atoms. The first kappa shape index (κ1) is 11.9. The highest BCUT2D eigenvalue weighted by atomic mass is 79.9. The van der Waals surface area contributed by atoms with Crippen LogP contribution in [0.1, 0.15) is 11.3 Å². The van der Waals surface area contributed by atoms with Gasteiger partial charge >= 0.3 is 0 Å². The number of benzene rings is 1. The molecular formula is C12H13BrN4. The normalized spacial score (nSPS) is 10.2. The number of hydrogen-bond donors (Lipinski definition) is 2. The van der Waals surface area contributed by atoms with Crippen LogP contribution in [0.2, 0.25) is 0 Å². The maximum absolute atomic E-state index is 5.82. The minimum absolute atomic E-state index is 0.657. The van der Waals surface area contributed by atoms with Crippen LogP contribution in [0, 0.1) is 6.92 Å². The topological polar surface area (TPSA) is 63.8 Å². The summed E-state index contributed by atoms with van der Waals surface area (Å²) < 4.78 is 0.953. The van der Waals surface area contributed by atoms with Crippen molar-refractivity contribution in [2.45, 2.75) is 13.5 Å². The minimum atomic E-state index is 0.657. The molecule has 0 amide bonds. The molecule has 88 valence electrons. The van der Waals surface area contributed by atoms with Crippen LogP contribution in [0.25, 0.3) is 0 Å². The van der Waals surface area contributed by atoms with Crippen LogP contribution in [0.4, 0.5) is 11.4 Å². The van der Waals surface area contributed by atoms with Gasteiger partial charge in [-0.3, -0.25) is 0 Å². The van der Waals surface area contributed by atoms with E-state index in [0.717, 1.165) is 27.1 Å². The van der Waals surface area contributed by atoms with Crippen molar-refractivity contribution < 1.29 is 0 Å². The largest absolute Gasteiger partial charge is 0.398 e. The van der Waals surface area contributed by atoms with Crippen LogP contribution in [0.3, 0.4) is 0 Å². The molecule has 1 aromatic heterocycles. The molecule has 0 aliphatic heterocycles. The third-order valence-corrected chi connectivity index (χ3v) is 3.11. The molecule has 0 saturated heterocycles. The zero-order valence-electron chi connectivity index (χ0n) is 9.44. The van der Waals surface area contributed by atoms with E-state index in [0.29, 0.717) is 6.54 Å². The van der Waals surface area contributed by atoms with Crippen molar-refractivity contribution in [2.75, 3.05) is 11.1 Å². The molecule has 0 spiro atoms. The lowest BCUT2D eigenvalue weighted by atomic mass is 10.2. The quantitative estimate of drug-likeness (QED) is 0.854. The number of rotatable bonds is 3. The molecule has 0 atom stereocenters. The molecular weight excluding hydrogens is 280 g/mol. The summed E-state index contributed by atoms with van der Waals surface area (Å²) in [6, 6.07) is 5.79. The first-order valence-electron chi connectivity index (χ1n) is 5.21. The third-order valence-electron chi connectivity index (χ3n) is 2.46. The predicted molar refractivity (Wildman–Crippen MR) is 72.7 cm³/mol. The summed E-state index contributed by atoms with van der Waals surface area (Å²) in [6.45, 7) is 2.64. The van der Waals surface area contributed by atoms with Gasteiger partial charge in [-0.15, -0.1) is 0 Å². The fourth-order valence-electron chi connectivity index (χ4n) is 1.44. The van der Waals surface area contributed by atoms with Gasteiger partial charge in [-0.25, -0.2) is 9.97 Å². The second-order valence-corrected chi connectivity index (χ2v) is 4.60. The van der Waals surface area contributed by atoms with Crippen LogP contribution in [-0.4, -0.2) is 9.97 Å². The van der Waals surface area contributed by atoms with E-state index in [9.17, 15) is 0 Å². The molecule has 2 rings (SSSR count). The van der Waals surface area contributed by atoms with E-state index in [1.807, 2.05) is 25.1 Å². The summed E-state index contributed by atoms with van der Waals surface area (Å²) >= 11 is 3.48. The van der Waals surface area contributed by atoms with Gasteiger partial charge in [0.2, 0.25) is 0 Å². The van der Waals surface area contributed by atoms with Crippen molar-refractivity contribution in [1.29, 1.82) is 0 Å². The molecule has 2 aromatic rings. The van der Waals surface area contributed by atoms with Crippen molar-refractivity contribution in [3.8, 4) is 0 Å². The predicted octanol–water partition coefficient (Wildman–Crippen LogP) is 2.74. The van der Waals surface area contributed by atoms with E-state index < -0.39 is 0 Å². The van der Waals surface area contributed by atoms with Gasteiger partial charge < -0.3 is 11.1 Å². The van der Waals surface area contributed by atoms with E-state index in [1.165, 1.54) is 0 Å². The summed E-state index contributed by atoms with van der Waals surface area (Å²) in [6.07, 6.45) is 3.27. The van der Waals surface area contributed by atoms with Crippen molar-refractivity contribution in [3.63, 3.8) is 0 Å². The monoisotopic (exact) mass is 292 g/mol. The van der Waals surface area contributed by atoms with Crippen molar-refractivity contribution in [1.82, 2.24) is 9.97 Å². The Balaban J connectivity index is 2.12. The summed E-state index contributed by atoms with van der Waals surface area (Å²) in [5.74, 6) is 0. The average Bonchev–Trinajstić information content (AvgIpc) is 2.33. The van der Waals surface area contributed by atoms with Crippen molar-refractivity contribution in [2.24, 2.45) is 0 Å². The number of aryl methyl sites for hydroxylation is 1. The molecule has 0 radical (unpaired) electrons. The highest BCUT2D eigenvalue weighted by Gasteiger charge is 2.03. The van der Waals surface area contributed by atoms with E-state index in [2.05, 4.69) is 31.2 Å². The number of anilines is 2. The van der Waals surface area contributed by atoms with Crippen LogP contribution in [0.15, 0.2) is 35.2 Å². The second-order valence-electron chi connectivity index (χ2n) is 3.74. The number of halogens is 1. The summed E-state index contributed by atoms with van der Waals surface area (Å²) in [5, 5.41) is 3.30. The van der Waals surface area contributed by atoms with E-state index >= 15 is 0 Å². The molecule has 0 bridgehead atoms. The molecule has 1 heterocycles. The van der Waals surface area contributed by atoms with Gasteiger partial charge in [0.15, 0.2) is 0 Å². The van der Waals surface area contributed by atoms with Crippen LogP contribution in [-0.2, 0) is 6.54 Å². The average molecular weight is 293 g/mol. The van der Waals surface area contributed by atoms with Gasteiger partial charge in [0.1, 0.15) is 6.33 Å². The van der Waals surface area contributed by atoms with Gasteiger partial charge in [-0.1, -0.05) is 0 Å². The maximum atomic E-state index is 5.82. The highest BCUT2D eigenvalue weighted by molar-refractivity contribution is 9.10. The number of hydrogen-bond acceptors (Lipinski definition) is 4. The Morgan fingerprint density at radius 3 is 2.94 bits per heavy atom. The molecule has 5 heteroatoms. The molecule has 0 aliphatic rings. The first-order chi connectivity index (χ1) is 8.16. The first-order valence-corrected chi connectivity index (χ1v) is 6.00. The Morgan fingerprint density at radius 1 is 1.41 bits per heavy atom. The molecule has 0 unspecified atom stereocenters. The molecule has 4 nitrogen and oxygen atoms in total. The Labute approximate surface area is 108 Å². The lowest BCUT2D eigenvalue weighted by Gasteiger charge is -2.10. The van der Waals surface area contributed by atoms with E-state index in [-0.39, 0.29) is 0 Å². The Kier molecular flexibility index (Phi) is 3.58. The molecule has 0 fully saturated rings. The number of nitrogens with two attached hydrogens (primary N) is 1. The van der Waals surface area contributed by atoms with Gasteiger partial charge in [-0.05, 0) is 46.6 Å². The fraction of sp³-hybridized carbons (Fsp3) is 0.167. The third kappa shape index (κ3) is 2.94. The minimum Gasteiger partial charge on any atom is -0.398 e. The Morgan fingerprint density at radius 2 is 2.24 bits per heavy atom. The van der Waals surface area contributed by atoms with Gasteiger partial charge in [-0.2, -0.15) is 0 Å². The smallest absolute Gasteiger partial charge is 0.115 e. The number of nitrogens with one attached hydrogen (secondary N) is 1. The van der Waals surface area contributed by atoms with Gasteiger partial charge in [0, 0.05) is 22.0 Å². The molecule has 0 aliphatic carbocycles. The zero-order valence-corrected chi connectivity index (χ0v) is 11.0. The Hall–Kier alpha value is -1.62. The summed E-state index contributed by atoms with van der Waals surface area (Å²) in [5.41, 5.74) is 9.61. The summed E-state index contributed by atoms with van der Waals surface area (Å²) in [7, 11) is 0. The lowest BCUT2D eigenvalue weighted by Crippen LogP contribution is -2.03. The second kappa shape index (κ2) is 5.14. The molecule has 3 N–H and O–H groups in total. The van der Waals surface area contributed by atoms with E-state index in [1.54, 1.807) is 12.5 Å². The maximum Gasteiger partial charge on any atom is 0.115 e. The van der Waals surface area contributed by atoms with Gasteiger partial charge in [0.25, 0.3) is 0 Å². The van der Waals surface area contributed by atoms with Crippen molar-refractivity contribution in [3.05, 3.63) is 46.5 Å². The standard InChI is InChI=1S/C12H13BrN4/c1-8-4-12(10(13)5-11(8)14)16-6-9-2-3-15-7-17-9/h2-5,7,16H,6,14H2,1H3. The van der Waals surface area contributed by atoms with Crippen molar-refractivity contribution >= 4 is 27.3 Å². The van der Waals surface area contributed by atoms with Crippen LogP contribution >= 0.6 is 15.9 Å². The number of aromatic nitrogens is 2.